The van der Waals surface area contributed by atoms with Crippen molar-refractivity contribution in [1.82, 2.24) is 4.98 Å². The van der Waals surface area contributed by atoms with E-state index in [9.17, 15) is 4.39 Å². The van der Waals surface area contributed by atoms with Crippen molar-refractivity contribution in [2.45, 2.75) is 6.42 Å². The van der Waals surface area contributed by atoms with Gasteiger partial charge in [0.15, 0.2) is 0 Å². The van der Waals surface area contributed by atoms with E-state index in [4.69, 9.17) is 5.11 Å². The molecule has 82 valence electrons. The van der Waals surface area contributed by atoms with Gasteiger partial charge in [0.2, 0.25) is 0 Å². The Morgan fingerprint density at radius 3 is 2.56 bits per heavy atom. The molecule has 0 saturated heterocycles. The van der Waals surface area contributed by atoms with Crippen LogP contribution in [0.1, 0.15) is 5.56 Å². The molecule has 2 rings (SSSR count). The van der Waals surface area contributed by atoms with Crippen LogP contribution in [-0.4, -0.2) is 16.7 Å². The lowest BCUT2D eigenvalue weighted by Gasteiger charge is -2.03. The Morgan fingerprint density at radius 1 is 1.12 bits per heavy atom. The molecule has 0 atom stereocenters. The van der Waals surface area contributed by atoms with Gasteiger partial charge in [-0.2, -0.15) is 0 Å². The van der Waals surface area contributed by atoms with Crippen molar-refractivity contribution in [1.29, 1.82) is 0 Å². The van der Waals surface area contributed by atoms with Crippen LogP contribution in [0.2, 0.25) is 0 Å². The minimum absolute atomic E-state index is 0.118. The monoisotopic (exact) mass is 217 g/mol. The van der Waals surface area contributed by atoms with E-state index in [-0.39, 0.29) is 12.4 Å². The highest BCUT2D eigenvalue weighted by Crippen LogP contribution is 2.18. The third kappa shape index (κ3) is 2.44. The number of halogens is 1. The molecule has 0 radical (unpaired) electrons. The summed E-state index contributed by atoms with van der Waals surface area (Å²) in [4.78, 5) is 4.22. The summed E-state index contributed by atoms with van der Waals surface area (Å²) >= 11 is 0. The third-order valence-electron chi connectivity index (χ3n) is 2.36. The quantitative estimate of drug-likeness (QED) is 0.856. The SMILES string of the molecule is OCCc1ccnc(-c2ccc(F)cc2)c1. The van der Waals surface area contributed by atoms with Crippen LogP contribution >= 0.6 is 0 Å². The van der Waals surface area contributed by atoms with Gasteiger partial charge >= 0.3 is 0 Å². The molecule has 1 heterocycles. The zero-order chi connectivity index (χ0) is 11.4. The second-order valence-corrected chi connectivity index (χ2v) is 3.53. The number of hydrogen-bond acceptors (Lipinski definition) is 2. The van der Waals surface area contributed by atoms with E-state index in [2.05, 4.69) is 4.98 Å². The average molecular weight is 217 g/mol. The van der Waals surface area contributed by atoms with Gasteiger partial charge in [0, 0.05) is 18.4 Å². The maximum Gasteiger partial charge on any atom is 0.123 e. The standard InChI is InChI=1S/C13H12FNO/c14-12-3-1-11(2-4-12)13-9-10(6-8-16)5-7-15-13/h1-5,7,9,16H,6,8H2. The Morgan fingerprint density at radius 2 is 1.88 bits per heavy atom. The Hall–Kier alpha value is -1.74. The molecular formula is C13H12FNO. The highest BCUT2D eigenvalue weighted by atomic mass is 19.1. The Bertz CT molecular complexity index is 468. The molecule has 0 saturated carbocycles. The van der Waals surface area contributed by atoms with Gasteiger partial charge in [0.05, 0.1) is 5.69 Å². The van der Waals surface area contributed by atoms with Crippen molar-refractivity contribution in [3.05, 3.63) is 54.0 Å². The lowest BCUT2D eigenvalue weighted by atomic mass is 10.1. The van der Waals surface area contributed by atoms with Crippen molar-refractivity contribution in [3.8, 4) is 11.3 Å². The third-order valence-corrected chi connectivity index (χ3v) is 2.36. The average Bonchev–Trinajstić information content (AvgIpc) is 2.31. The van der Waals surface area contributed by atoms with Crippen LogP contribution < -0.4 is 0 Å². The molecule has 0 aliphatic heterocycles. The zero-order valence-electron chi connectivity index (χ0n) is 8.73. The Labute approximate surface area is 93.4 Å². The van der Waals surface area contributed by atoms with Crippen LogP contribution in [-0.2, 0) is 6.42 Å². The van der Waals surface area contributed by atoms with Crippen molar-refractivity contribution < 1.29 is 9.50 Å². The van der Waals surface area contributed by atoms with Gasteiger partial charge in [-0.1, -0.05) is 0 Å². The predicted octanol–water partition coefficient (Wildman–Crippen LogP) is 2.42. The fraction of sp³-hybridized carbons (Fsp3) is 0.154. The molecule has 2 nitrogen and oxygen atoms in total. The first kappa shape index (κ1) is 10.8. The van der Waals surface area contributed by atoms with E-state index in [1.165, 1.54) is 12.1 Å². The number of nitrogens with zero attached hydrogens (tertiary/aromatic N) is 1. The van der Waals surface area contributed by atoms with Gasteiger partial charge in [0.25, 0.3) is 0 Å². The van der Waals surface area contributed by atoms with Gasteiger partial charge in [0.1, 0.15) is 5.82 Å². The summed E-state index contributed by atoms with van der Waals surface area (Å²) in [6.45, 7) is 0.118. The molecule has 16 heavy (non-hydrogen) atoms. The topological polar surface area (TPSA) is 33.1 Å². The van der Waals surface area contributed by atoms with Crippen LogP contribution in [0, 0.1) is 5.82 Å². The highest BCUT2D eigenvalue weighted by Gasteiger charge is 2.00. The maximum atomic E-state index is 12.7. The largest absolute Gasteiger partial charge is 0.396 e. The lowest BCUT2D eigenvalue weighted by Crippen LogP contribution is -1.92. The predicted molar refractivity (Wildman–Crippen MR) is 60.4 cm³/mol. The summed E-state index contributed by atoms with van der Waals surface area (Å²) in [5.41, 5.74) is 2.70. The van der Waals surface area contributed by atoms with E-state index in [1.54, 1.807) is 18.3 Å². The minimum Gasteiger partial charge on any atom is -0.396 e. The summed E-state index contributed by atoms with van der Waals surface area (Å²) in [6, 6.07) is 9.99. The van der Waals surface area contributed by atoms with E-state index in [0.717, 1.165) is 16.8 Å². The highest BCUT2D eigenvalue weighted by molar-refractivity contribution is 5.59. The second-order valence-electron chi connectivity index (χ2n) is 3.53. The van der Waals surface area contributed by atoms with Crippen LogP contribution in [0.15, 0.2) is 42.6 Å². The van der Waals surface area contributed by atoms with Gasteiger partial charge in [-0.15, -0.1) is 0 Å². The minimum atomic E-state index is -0.254. The summed E-state index contributed by atoms with van der Waals surface area (Å²) in [6.07, 6.45) is 2.31. The van der Waals surface area contributed by atoms with Crippen LogP contribution in [0.4, 0.5) is 4.39 Å². The maximum absolute atomic E-state index is 12.7. The molecule has 0 spiro atoms. The van der Waals surface area contributed by atoms with Crippen LogP contribution in [0.3, 0.4) is 0 Å². The van der Waals surface area contributed by atoms with E-state index in [0.29, 0.717) is 6.42 Å². The molecule has 3 heteroatoms. The molecule has 0 aliphatic rings. The number of rotatable bonds is 3. The van der Waals surface area contributed by atoms with Crippen molar-refractivity contribution in [2.75, 3.05) is 6.61 Å². The van der Waals surface area contributed by atoms with E-state index >= 15 is 0 Å². The Balaban J connectivity index is 2.32. The second kappa shape index (κ2) is 4.86. The summed E-state index contributed by atoms with van der Waals surface area (Å²) in [5, 5.41) is 8.85. The van der Waals surface area contributed by atoms with Crippen LogP contribution in [0.5, 0.6) is 0 Å². The van der Waals surface area contributed by atoms with Gasteiger partial charge in [-0.05, 0) is 48.4 Å². The van der Waals surface area contributed by atoms with Crippen molar-refractivity contribution in [2.24, 2.45) is 0 Å². The Kier molecular flexibility index (Phi) is 3.27. The molecule has 0 aliphatic carbocycles. The molecule has 1 aromatic carbocycles. The number of benzene rings is 1. The molecular weight excluding hydrogens is 205 g/mol. The number of aliphatic hydroxyl groups is 1. The van der Waals surface area contributed by atoms with Gasteiger partial charge in [-0.25, -0.2) is 4.39 Å². The molecule has 0 amide bonds. The van der Waals surface area contributed by atoms with Crippen LogP contribution in [0.25, 0.3) is 11.3 Å². The zero-order valence-corrected chi connectivity index (χ0v) is 8.73. The first-order valence-electron chi connectivity index (χ1n) is 5.11. The van der Waals surface area contributed by atoms with Gasteiger partial charge in [-0.3, -0.25) is 4.98 Å². The first-order valence-corrected chi connectivity index (χ1v) is 5.11. The number of hydrogen-bond donors (Lipinski definition) is 1. The van der Waals surface area contributed by atoms with Gasteiger partial charge < -0.3 is 5.11 Å². The summed E-state index contributed by atoms with van der Waals surface area (Å²) in [7, 11) is 0. The number of aliphatic hydroxyl groups excluding tert-OH is 1. The molecule has 0 fully saturated rings. The molecule has 2 aromatic rings. The molecule has 1 aromatic heterocycles. The fourth-order valence-corrected chi connectivity index (χ4v) is 1.54. The number of pyridine rings is 1. The molecule has 1 N–H and O–H groups in total. The molecule has 0 bridgehead atoms. The van der Waals surface area contributed by atoms with Crippen molar-refractivity contribution >= 4 is 0 Å². The molecule has 0 unspecified atom stereocenters. The number of aromatic nitrogens is 1. The normalized spacial score (nSPS) is 10.4. The lowest BCUT2D eigenvalue weighted by molar-refractivity contribution is 0.299. The van der Waals surface area contributed by atoms with Crippen molar-refractivity contribution in [3.63, 3.8) is 0 Å². The smallest absolute Gasteiger partial charge is 0.123 e. The fourth-order valence-electron chi connectivity index (χ4n) is 1.54. The van der Waals surface area contributed by atoms with E-state index < -0.39 is 0 Å². The summed E-state index contributed by atoms with van der Waals surface area (Å²) in [5.74, 6) is -0.254. The first-order chi connectivity index (χ1) is 7.79. The summed E-state index contributed by atoms with van der Waals surface area (Å²) < 4.78 is 12.7. The van der Waals surface area contributed by atoms with E-state index in [1.807, 2.05) is 12.1 Å².